The van der Waals surface area contributed by atoms with Gasteiger partial charge in [-0.2, -0.15) is 5.10 Å². The van der Waals surface area contributed by atoms with Crippen molar-refractivity contribution in [1.29, 1.82) is 0 Å². The van der Waals surface area contributed by atoms with Crippen molar-refractivity contribution < 1.29 is 14.3 Å². The molecule has 0 radical (unpaired) electrons. The lowest BCUT2D eigenvalue weighted by atomic mass is 10.00. The summed E-state index contributed by atoms with van der Waals surface area (Å²) >= 11 is 0. The Morgan fingerprint density at radius 2 is 2.16 bits per heavy atom. The highest BCUT2D eigenvalue weighted by atomic mass is 16.5. The van der Waals surface area contributed by atoms with Crippen molar-refractivity contribution in [2.45, 2.75) is 26.3 Å². The molecule has 0 saturated carbocycles. The number of fused-ring (bicyclic) bond motifs is 1. The quantitative estimate of drug-likeness (QED) is 0.807. The molecule has 0 aliphatic carbocycles. The second kappa shape index (κ2) is 7.70. The third kappa shape index (κ3) is 3.69. The van der Waals surface area contributed by atoms with Gasteiger partial charge in [-0.25, -0.2) is 0 Å². The molecule has 1 amide bonds. The van der Waals surface area contributed by atoms with Gasteiger partial charge in [0, 0.05) is 20.2 Å². The van der Waals surface area contributed by atoms with Gasteiger partial charge in [0.1, 0.15) is 5.75 Å². The number of para-hydroxylation sites is 1. The molecule has 1 aliphatic heterocycles. The Kier molecular flexibility index (Phi) is 5.38. The van der Waals surface area contributed by atoms with Crippen LogP contribution in [0.2, 0.25) is 0 Å². The zero-order valence-electron chi connectivity index (χ0n) is 15.1. The number of benzene rings is 1. The molecule has 0 N–H and O–H groups in total. The van der Waals surface area contributed by atoms with E-state index in [-0.39, 0.29) is 18.6 Å². The molecule has 0 spiro atoms. The zero-order chi connectivity index (χ0) is 17.8. The molecule has 0 bridgehead atoms. The van der Waals surface area contributed by atoms with Gasteiger partial charge in [0.25, 0.3) is 5.91 Å². The molecule has 1 unspecified atom stereocenters. The number of rotatable bonds is 6. The number of hydrogen-bond acceptors (Lipinski definition) is 4. The maximum Gasteiger partial charge on any atom is 0.261 e. The van der Waals surface area contributed by atoms with Crippen LogP contribution in [0.25, 0.3) is 0 Å². The molecule has 25 heavy (non-hydrogen) atoms. The van der Waals surface area contributed by atoms with Gasteiger partial charge in [-0.3, -0.25) is 9.48 Å². The van der Waals surface area contributed by atoms with E-state index in [1.54, 1.807) is 0 Å². The van der Waals surface area contributed by atoms with Crippen molar-refractivity contribution in [1.82, 2.24) is 14.7 Å². The number of amides is 1. The van der Waals surface area contributed by atoms with E-state index >= 15 is 0 Å². The van der Waals surface area contributed by atoms with Crippen molar-refractivity contribution in [2.75, 3.05) is 26.4 Å². The Morgan fingerprint density at radius 1 is 1.36 bits per heavy atom. The summed E-state index contributed by atoms with van der Waals surface area (Å²) in [5.74, 6) is 0.718. The number of nitrogens with zero attached hydrogens (tertiary/aromatic N) is 3. The molecule has 0 saturated heterocycles. The van der Waals surface area contributed by atoms with E-state index in [9.17, 15) is 4.79 Å². The SMILES string of the molecule is CCOCC1c2c(cnn2C)CCN1C(=O)COc1ccccc1C. The Morgan fingerprint density at radius 3 is 2.92 bits per heavy atom. The maximum absolute atomic E-state index is 12.8. The number of ether oxygens (including phenoxy) is 2. The van der Waals surface area contributed by atoms with Crippen molar-refractivity contribution >= 4 is 5.91 Å². The first-order chi connectivity index (χ1) is 12.1. The normalized spacial score (nSPS) is 16.6. The number of aryl methyl sites for hydroxylation is 2. The third-order valence-corrected chi connectivity index (χ3v) is 4.62. The fourth-order valence-electron chi connectivity index (χ4n) is 3.30. The summed E-state index contributed by atoms with van der Waals surface area (Å²) in [5, 5.41) is 4.35. The Labute approximate surface area is 148 Å². The van der Waals surface area contributed by atoms with Crippen LogP contribution in [0.15, 0.2) is 30.5 Å². The average molecular weight is 343 g/mol. The second-order valence-electron chi connectivity index (χ2n) is 6.25. The van der Waals surface area contributed by atoms with Crippen molar-refractivity contribution in [3.05, 3.63) is 47.3 Å². The first kappa shape index (κ1) is 17.5. The van der Waals surface area contributed by atoms with E-state index in [2.05, 4.69) is 5.10 Å². The second-order valence-corrected chi connectivity index (χ2v) is 6.25. The highest BCUT2D eigenvalue weighted by molar-refractivity contribution is 5.78. The molecule has 6 heteroatoms. The summed E-state index contributed by atoms with van der Waals surface area (Å²) < 4.78 is 13.2. The summed E-state index contributed by atoms with van der Waals surface area (Å²) in [6, 6.07) is 7.60. The average Bonchev–Trinajstić information content (AvgIpc) is 3.00. The number of carbonyl (C=O) groups excluding carboxylic acids is 1. The summed E-state index contributed by atoms with van der Waals surface area (Å²) in [6.45, 7) is 5.71. The smallest absolute Gasteiger partial charge is 0.261 e. The van der Waals surface area contributed by atoms with Gasteiger partial charge < -0.3 is 14.4 Å². The van der Waals surface area contributed by atoms with Gasteiger partial charge in [0.05, 0.1) is 24.5 Å². The third-order valence-electron chi connectivity index (χ3n) is 4.62. The molecule has 1 aromatic carbocycles. The van der Waals surface area contributed by atoms with Crippen LogP contribution < -0.4 is 4.74 Å². The molecule has 2 aromatic rings. The molecule has 2 heterocycles. The lowest BCUT2D eigenvalue weighted by Crippen LogP contribution is -2.44. The van der Waals surface area contributed by atoms with Gasteiger partial charge in [0.15, 0.2) is 6.61 Å². The Hall–Kier alpha value is -2.34. The number of aromatic nitrogens is 2. The lowest BCUT2D eigenvalue weighted by molar-refractivity contribution is -0.138. The van der Waals surface area contributed by atoms with E-state index in [0.29, 0.717) is 19.8 Å². The molecular weight excluding hydrogens is 318 g/mol. The first-order valence-corrected chi connectivity index (χ1v) is 8.68. The van der Waals surface area contributed by atoms with Gasteiger partial charge in [0.2, 0.25) is 0 Å². The predicted octanol–water partition coefficient (Wildman–Crippen LogP) is 2.27. The minimum Gasteiger partial charge on any atom is -0.484 e. The van der Waals surface area contributed by atoms with E-state index in [4.69, 9.17) is 9.47 Å². The highest BCUT2D eigenvalue weighted by Crippen LogP contribution is 2.30. The summed E-state index contributed by atoms with van der Waals surface area (Å²) in [7, 11) is 1.91. The summed E-state index contributed by atoms with van der Waals surface area (Å²) in [5.41, 5.74) is 3.27. The molecule has 0 fully saturated rings. The van der Waals surface area contributed by atoms with Gasteiger partial charge in [-0.05, 0) is 37.5 Å². The topological polar surface area (TPSA) is 56.6 Å². The van der Waals surface area contributed by atoms with E-state index in [0.717, 1.165) is 23.4 Å². The fourth-order valence-corrected chi connectivity index (χ4v) is 3.30. The van der Waals surface area contributed by atoms with Crippen LogP contribution in [0.3, 0.4) is 0 Å². The minimum atomic E-state index is -0.121. The lowest BCUT2D eigenvalue weighted by Gasteiger charge is -2.36. The minimum absolute atomic E-state index is 0.0280. The van der Waals surface area contributed by atoms with Crippen LogP contribution in [0.1, 0.15) is 29.8 Å². The van der Waals surface area contributed by atoms with E-state index in [1.807, 2.05) is 60.9 Å². The van der Waals surface area contributed by atoms with Crippen molar-refractivity contribution in [2.24, 2.45) is 7.05 Å². The molecular formula is C19H25N3O3. The van der Waals surface area contributed by atoms with E-state index < -0.39 is 0 Å². The predicted molar refractivity (Wildman–Crippen MR) is 94.5 cm³/mol. The molecule has 6 nitrogen and oxygen atoms in total. The van der Waals surface area contributed by atoms with Crippen LogP contribution >= 0.6 is 0 Å². The van der Waals surface area contributed by atoms with Crippen molar-refractivity contribution in [3.63, 3.8) is 0 Å². The maximum atomic E-state index is 12.8. The van der Waals surface area contributed by atoms with Crippen LogP contribution in [0.5, 0.6) is 5.75 Å². The standard InChI is InChI=1S/C19H25N3O3/c1-4-24-12-16-19-15(11-20-21(19)3)9-10-22(16)18(23)13-25-17-8-6-5-7-14(17)2/h5-8,11,16H,4,9-10,12-13H2,1-3H3. The van der Waals surface area contributed by atoms with Gasteiger partial charge in [-0.15, -0.1) is 0 Å². The summed E-state index contributed by atoms with van der Waals surface area (Å²) in [4.78, 5) is 14.7. The highest BCUT2D eigenvalue weighted by Gasteiger charge is 2.33. The molecule has 1 atom stereocenters. The van der Waals surface area contributed by atoms with Crippen LogP contribution in [0, 0.1) is 6.92 Å². The monoisotopic (exact) mass is 343 g/mol. The Balaban J connectivity index is 1.74. The zero-order valence-corrected chi connectivity index (χ0v) is 15.1. The molecule has 1 aliphatic rings. The van der Waals surface area contributed by atoms with E-state index in [1.165, 1.54) is 5.56 Å². The molecule has 134 valence electrons. The number of hydrogen-bond donors (Lipinski definition) is 0. The number of carbonyl (C=O) groups is 1. The van der Waals surface area contributed by atoms with Gasteiger partial charge in [-0.1, -0.05) is 18.2 Å². The molecule has 1 aromatic heterocycles. The summed E-state index contributed by atoms with van der Waals surface area (Å²) in [6.07, 6.45) is 2.70. The Bertz CT molecular complexity index is 741. The van der Waals surface area contributed by atoms with Crippen LogP contribution in [-0.2, 0) is 23.0 Å². The van der Waals surface area contributed by atoms with Crippen LogP contribution in [0.4, 0.5) is 0 Å². The largest absolute Gasteiger partial charge is 0.484 e. The molecule has 3 rings (SSSR count). The van der Waals surface area contributed by atoms with Crippen molar-refractivity contribution in [3.8, 4) is 5.75 Å². The van der Waals surface area contributed by atoms with Gasteiger partial charge >= 0.3 is 0 Å². The van der Waals surface area contributed by atoms with Crippen LogP contribution in [-0.4, -0.2) is 47.0 Å². The fraction of sp³-hybridized carbons (Fsp3) is 0.474. The first-order valence-electron chi connectivity index (χ1n) is 8.68.